The fourth-order valence-corrected chi connectivity index (χ4v) is 2.43. The summed E-state index contributed by atoms with van der Waals surface area (Å²) >= 11 is 0. The van der Waals surface area contributed by atoms with Crippen LogP contribution < -0.4 is 10.6 Å². The summed E-state index contributed by atoms with van der Waals surface area (Å²) in [6.45, 7) is 6.85. The largest absolute Gasteiger partial charge is 0.444 e. The van der Waals surface area contributed by atoms with Crippen LogP contribution in [0, 0.1) is 6.92 Å². The van der Waals surface area contributed by atoms with E-state index >= 15 is 0 Å². The molecular formula is C19H24N6O. The standard InChI is InChI=1S/C19H24N6O/c1-3-20-19(21-10-12-25-11-4-9-23-25)22-13-17-14-26-18(24-17)16-7-5-15(2)6-8-16/h4-9,11,14H,3,10,12-13H2,1-2H3,(H2,20,21,22). The predicted molar refractivity (Wildman–Crippen MR) is 102 cm³/mol. The molecule has 0 bridgehead atoms. The van der Waals surface area contributed by atoms with Gasteiger partial charge in [-0.3, -0.25) is 4.68 Å². The minimum Gasteiger partial charge on any atom is -0.444 e. The zero-order valence-electron chi connectivity index (χ0n) is 15.1. The lowest BCUT2D eigenvalue weighted by atomic mass is 10.1. The van der Waals surface area contributed by atoms with Crippen molar-refractivity contribution in [2.24, 2.45) is 4.99 Å². The van der Waals surface area contributed by atoms with E-state index in [4.69, 9.17) is 4.42 Å². The van der Waals surface area contributed by atoms with Gasteiger partial charge in [-0.25, -0.2) is 9.98 Å². The molecule has 26 heavy (non-hydrogen) atoms. The first kappa shape index (κ1) is 17.7. The summed E-state index contributed by atoms with van der Waals surface area (Å²) in [5, 5.41) is 10.7. The second kappa shape index (κ2) is 8.84. The number of nitrogens with zero attached hydrogens (tertiary/aromatic N) is 4. The van der Waals surface area contributed by atoms with Gasteiger partial charge in [0.25, 0.3) is 0 Å². The van der Waals surface area contributed by atoms with E-state index < -0.39 is 0 Å². The van der Waals surface area contributed by atoms with Gasteiger partial charge in [0.2, 0.25) is 5.89 Å². The number of aliphatic imine (C=N–C) groups is 1. The molecule has 2 heterocycles. The van der Waals surface area contributed by atoms with Gasteiger partial charge >= 0.3 is 0 Å². The van der Waals surface area contributed by atoms with Gasteiger partial charge in [0.1, 0.15) is 12.0 Å². The molecule has 7 nitrogen and oxygen atoms in total. The molecular weight excluding hydrogens is 328 g/mol. The molecule has 0 aliphatic rings. The van der Waals surface area contributed by atoms with Gasteiger partial charge in [0.05, 0.1) is 13.1 Å². The van der Waals surface area contributed by atoms with Crippen molar-refractivity contribution in [2.45, 2.75) is 26.9 Å². The second-order valence-corrected chi connectivity index (χ2v) is 5.90. The van der Waals surface area contributed by atoms with Crippen LogP contribution in [-0.4, -0.2) is 33.8 Å². The zero-order valence-corrected chi connectivity index (χ0v) is 15.1. The topological polar surface area (TPSA) is 80.3 Å². The van der Waals surface area contributed by atoms with Crippen molar-refractivity contribution in [1.82, 2.24) is 25.4 Å². The molecule has 136 valence electrons. The van der Waals surface area contributed by atoms with E-state index in [1.54, 1.807) is 12.5 Å². The number of benzene rings is 1. The quantitative estimate of drug-likeness (QED) is 0.505. The highest BCUT2D eigenvalue weighted by molar-refractivity contribution is 5.79. The molecule has 3 rings (SSSR count). The van der Waals surface area contributed by atoms with Crippen molar-refractivity contribution < 1.29 is 4.42 Å². The summed E-state index contributed by atoms with van der Waals surface area (Å²) in [6.07, 6.45) is 5.37. The number of aromatic nitrogens is 3. The highest BCUT2D eigenvalue weighted by Crippen LogP contribution is 2.19. The van der Waals surface area contributed by atoms with Gasteiger partial charge in [-0.05, 0) is 32.0 Å². The summed E-state index contributed by atoms with van der Waals surface area (Å²) in [6, 6.07) is 10.0. The van der Waals surface area contributed by atoms with E-state index in [0.717, 1.165) is 36.9 Å². The molecule has 2 N–H and O–H groups in total. The minimum absolute atomic E-state index is 0.451. The van der Waals surface area contributed by atoms with Crippen LogP contribution in [0.25, 0.3) is 11.5 Å². The SMILES string of the molecule is CCNC(=NCc1coc(-c2ccc(C)cc2)n1)NCCn1cccn1. The molecule has 0 saturated carbocycles. The smallest absolute Gasteiger partial charge is 0.226 e. The Kier molecular flexibility index (Phi) is 6.03. The first-order valence-corrected chi connectivity index (χ1v) is 8.75. The van der Waals surface area contributed by atoms with E-state index in [0.29, 0.717) is 12.4 Å². The molecule has 1 aromatic carbocycles. The maximum Gasteiger partial charge on any atom is 0.226 e. The van der Waals surface area contributed by atoms with Crippen molar-refractivity contribution in [3.63, 3.8) is 0 Å². The van der Waals surface area contributed by atoms with Crippen LogP contribution in [0.2, 0.25) is 0 Å². The minimum atomic E-state index is 0.451. The van der Waals surface area contributed by atoms with Crippen LogP contribution in [0.1, 0.15) is 18.2 Å². The number of hydrogen-bond donors (Lipinski definition) is 2. The second-order valence-electron chi connectivity index (χ2n) is 5.90. The monoisotopic (exact) mass is 352 g/mol. The zero-order chi connectivity index (χ0) is 18.2. The van der Waals surface area contributed by atoms with Gasteiger partial charge in [-0.2, -0.15) is 5.10 Å². The fraction of sp³-hybridized carbons (Fsp3) is 0.316. The third-order valence-electron chi connectivity index (χ3n) is 3.79. The van der Waals surface area contributed by atoms with Crippen LogP contribution in [0.15, 0.2) is 58.4 Å². The maximum atomic E-state index is 5.58. The van der Waals surface area contributed by atoms with Crippen LogP contribution in [0.5, 0.6) is 0 Å². The molecule has 3 aromatic rings. The lowest BCUT2D eigenvalue weighted by molar-refractivity contribution is 0.572. The normalized spacial score (nSPS) is 11.5. The van der Waals surface area contributed by atoms with Crippen molar-refractivity contribution in [1.29, 1.82) is 0 Å². The third kappa shape index (κ3) is 4.95. The summed E-state index contributed by atoms with van der Waals surface area (Å²) in [7, 11) is 0. The Morgan fingerprint density at radius 2 is 2.08 bits per heavy atom. The Morgan fingerprint density at radius 3 is 2.81 bits per heavy atom. The summed E-state index contributed by atoms with van der Waals surface area (Å²) in [5.41, 5.74) is 2.97. The van der Waals surface area contributed by atoms with Gasteiger partial charge in [0, 0.05) is 31.0 Å². The molecule has 0 aliphatic heterocycles. The highest BCUT2D eigenvalue weighted by Gasteiger charge is 2.06. The number of aryl methyl sites for hydroxylation is 1. The molecule has 0 unspecified atom stereocenters. The average Bonchev–Trinajstić information content (AvgIpc) is 3.32. The average molecular weight is 352 g/mol. The Balaban J connectivity index is 1.57. The molecule has 0 aliphatic carbocycles. The summed E-state index contributed by atoms with van der Waals surface area (Å²) in [5.74, 6) is 1.37. The Labute approximate surface area is 153 Å². The van der Waals surface area contributed by atoms with Crippen molar-refractivity contribution in [2.75, 3.05) is 13.1 Å². The molecule has 0 amide bonds. The van der Waals surface area contributed by atoms with Crippen molar-refractivity contribution in [3.8, 4) is 11.5 Å². The molecule has 0 fully saturated rings. The van der Waals surface area contributed by atoms with Crippen molar-refractivity contribution in [3.05, 3.63) is 60.2 Å². The van der Waals surface area contributed by atoms with E-state index in [9.17, 15) is 0 Å². The lowest BCUT2D eigenvalue weighted by Crippen LogP contribution is -2.38. The van der Waals surface area contributed by atoms with E-state index in [2.05, 4.69) is 32.6 Å². The molecule has 7 heteroatoms. The van der Waals surface area contributed by atoms with Crippen LogP contribution in [0.3, 0.4) is 0 Å². The van der Waals surface area contributed by atoms with Crippen LogP contribution in [-0.2, 0) is 13.1 Å². The fourth-order valence-electron chi connectivity index (χ4n) is 2.43. The number of hydrogen-bond acceptors (Lipinski definition) is 4. The Hall–Kier alpha value is -3.09. The number of nitrogens with one attached hydrogen (secondary N) is 2. The summed E-state index contributed by atoms with van der Waals surface area (Å²) in [4.78, 5) is 9.09. The van der Waals surface area contributed by atoms with E-state index in [1.807, 2.05) is 48.1 Å². The van der Waals surface area contributed by atoms with Crippen LogP contribution in [0.4, 0.5) is 0 Å². The third-order valence-corrected chi connectivity index (χ3v) is 3.79. The molecule has 2 aromatic heterocycles. The lowest BCUT2D eigenvalue weighted by Gasteiger charge is -2.10. The summed E-state index contributed by atoms with van der Waals surface area (Å²) < 4.78 is 7.46. The van der Waals surface area contributed by atoms with Gasteiger partial charge < -0.3 is 15.1 Å². The Bertz CT molecular complexity index is 820. The molecule has 0 radical (unpaired) electrons. The molecule has 0 saturated heterocycles. The highest BCUT2D eigenvalue weighted by atomic mass is 16.3. The first-order valence-electron chi connectivity index (χ1n) is 8.75. The maximum absolute atomic E-state index is 5.58. The molecule has 0 atom stereocenters. The first-order chi connectivity index (χ1) is 12.7. The van der Waals surface area contributed by atoms with Gasteiger partial charge in [-0.1, -0.05) is 17.7 Å². The Morgan fingerprint density at radius 1 is 1.23 bits per heavy atom. The number of oxazole rings is 1. The number of guanidine groups is 1. The predicted octanol–water partition coefficient (Wildman–Crippen LogP) is 2.60. The van der Waals surface area contributed by atoms with Crippen molar-refractivity contribution >= 4 is 5.96 Å². The number of rotatable bonds is 7. The van der Waals surface area contributed by atoms with Gasteiger partial charge in [0.15, 0.2) is 5.96 Å². The van der Waals surface area contributed by atoms with E-state index in [1.165, 1.54) is 5.56 Å². The van der Waals surface area contributed by atoms with Crippen LogP contribution >= 0.6 is 0 Å². The molecule has 0 spiro atoms. The van der Waals surface area contributed by atoms with Gasteiger partial charge in [-0.15, -0.1) is 0 Å². The van der Waals surface area contributed by atoms with E-state index in [-0.39, 0.29) is 0 Å².